The Morgan fingerprint density at radius 3 is 3.05 bits per heavy atom. The highest BCUT2D eigenvalue weighted by Crippen LogP contribution is 2.40. The molecule has 2 fully saturated rings. The minimum Gasteiger partial charge on any atom is -0.343 e. The van der Waals surface area contributed by atoms with Gasteiger partial charge < -0.3 is 9.05 Å². The van der Waals surface area contributed by atoms with Gasteiger partial charge in [-0.1, -0.05) is 10.3 Å². The minimum absolute atomic E-state index is 0.0812. The summed E-state index contributed by atoms with van der Waals surface area (Å²) in [5, 5.41) is 8.04. The van der Waals surface area contributed by atoms with Crippen LogP contribution in [0.4, 0.5) is 0 Å². The Balaban J connectivity index is 1.49. The van der Waals surface area contributed by atoms with Gasteiger partial charge in [0.1, 0.15) is 0 Å². The number of rotatable bonds is 4. The summed E-state index contributed by atoms with van der Waals surface area (Å²) in [5.41, 5.74) is -0.0812. The van der Waals surface area contributed by atoms with E-state index in [0.29, 0.717) is 12.5 Å². The molecule has 112 valence electrons. The molecule has 21 heavy (non-hydrogen) atoms. The molecule has 1 unspecified atom stereocenters. The predicted molar refractivity (Wildman–Crippen MR) is 72.4 cm³/mol. The van der Waals surface area contributed by atoms with Gasteiger partial charge in [-0.05, 0) is 39.2 Å². The molecule has 2 aromatic rings. The zero-order valence-corrected chi connectivity index (χ0v) is 12.2. The Kier molecular flexibility index (Phi) is 3.02. The van der Waals surface area contributed by atoms with Crippen molar-refractivity contribution in [3.8, 4) is 0 Å². The van der Waals surface area contributed by atoms with E-state index in [-0.39, 0.29) is 5.41 Å². The monoisotopic (exact) mass is 289 g/mol. The molecule has 2 aromatic heterocycles. The molecule has 4 rings (SSSR count). The zero-order valence-electron chi connectivity index (χ0n) is 12.2. The van der Waals surface area contributed by atoms with Crippen LogP contribution < -0.4 is 0 Å². The van der Waals surface area contributed by atoms with Crippen molar-refractivity contribution in [2.24, 2.45) is 0 Å². The third kappa shape index (κ3) is 2.57. The van der Waals surface area contributed by atoms with E-state index in [0.717, 1.165) is 43.5 Å². The van der Waals surface area contributed by atoms with Crippen LogP contribution in [0.1, 0.15) is 56.1 Å². The van der Waals surface area contributed by atoms with Gasteiger partial charge in [-0.15, -0.1) is 0 Å². The van der Waals surface area contributed by atoms with Crippen molar-refractivity contribution in [1.82, 2.24) is 25.2 Å². The summed E-state index contributed by atoms with van der Waals surface area (Å²) in [5.74, 6) is 2.93. The zero-order chi connectivity index (χ0) is 14.3. The topological polar surface area (TPSA) is 81.1 Å². The second-order valence-electron chi connectivity index (χ2n) is 6.45. The van der Waals surface area contributed by atoms with Gasteiger partial charge in [0.05, 0.1) is 12.0 Å². The van der Waals surface area contributed by atoms with Gasteiger partial charge in [-0.25, -0.2) is 0 Å². The van der Waals surface area contributed by atoms with E-state index in [1.165, 1.54) is 19.2 Å². The molecule has 0 bridgehead atoms. The van der Waals surface area contributed by atoms with Crippen molar-refractivity contribution in [2.75, 3.05) is 13.1 Å². The van der Waals surface area contributed by atoms with Crippen LogP contribution in [-0.4, -0.2) is 38.3 Å². The molecule has 0 aromatic carbocycles. The van der Waals surface area contributed by atoms with E-state index in [4.69, 9.17) is 9.05 Å². The fraction of sp³-hybridized carbons (Fsp3) is 0.714. The van der Waals surface area contributed by atoms with Gasteiger partial charge in [0.25, 0.3) is 0 Å². The molecule has 0 spiro atoms. The van der Waals surface area contributed by atoms with Crippen molar-refractivity contribution < 1.29 is 9.05 Å². The van der Waals surface area contributed by atoms with E-state index in [9.17, 15) is 0 Å². The molecule has 7 heteroatoms. The molecular formula is C14H19N5O2. The SMILES string of the molecule is CC1(c2nc(C3CC3)no2)CCCN(Cc2ncon2)C1. The maximum absolute atomic E-state index is 5.55. The number of hydrogen-bond donors (Lipinski definition) is 0. The van der Waals surface area contributed by atoms with Crippen molar-refractivity contribution >= 4 is 0 Å². The van der Waals surface area contributed by atoms with Crippen LogP contribution in [0.2, 0.25) is 0 Å². The largest absolute Gasteiger partial charge is 0.343 e. The fourth-order valence-electron chi connectivity index (χ4n) is 3.10. The standard InChI is InChI=1S/C14H19N5O2/c1-14(13-16-12(18-21-13)10-3-4-10)5-2-6-19(8-14)7-11-15-9-20-17-11/h9-10H,2-8H2,1H3. The maximum atomic E-state index is 5.55. The van der Waals surface area contributed by atoms with Crippen molar-refractivity contribution in [3.05, 3.63) is 23.9 Å². The summed E-state index contributed by atoms with van der Waals surface area (Å²) in [7, 11) is 0. The average molecular weight is 289 g/mol. The first-order chi connectivity index (χ1) is 10.2. The quantitative estimate of drug-likeness (QED) is 0.850. The lowest BCUT2D eigenvalue weighted by Gasteiger charge is -2.37. The number of hydrogen-bond acceptors (Lipinski definition) is 7. The summed E-state index contributed by atoms with van der Waals surface area (Å²) in [6.45, 7) is 4.83. The Morgan fingerprint density at radius 2 is 2.29 bits per heavy atom. The predicted octanol–water partition coefficient (Wildman–Crippen LogP) is 1.88. The summed E-state index contributed by atoms with van der Waals surface area (Å²) in [6.07, 6.45) is 5.94. The van der Waals surface area contributed by atoms with E-state index in [1.54, 1.807) is 0 Å². The van der Waals surface area contributed by atoms with E-state index in [1.807, 2.05) is 0 Å². The molecule has 7 nitrogen and oxygen atoms in total. The lowest BCUT2D eigenvalue weighted by atomic mass is 9.81. The van der Waals surface area contributed by atoms with Crippen molar-refractivity contribution in [3.63, 3.8) is 0 Å². The summed E-state index contributed by atoms with van der Waals surface area (Å²) in [6, 6.07) is 0. The van der Waals surface area contributed by atoms with Crippen LogP contribution in [0, 0.1) is 0 Å². The number of aromatic nitrogens is 4. The second-order valence-corrected chi connectivity index (χ2v) is 6.45. The van der Waals surface area contributed by atoms with Gasteiger partial charge in [0, 0.05) is 12.5 Å². The lowest BCUT2D eigenvalue weighted by molar-refractivity contribution is 0.121. The van der Waals surface area contributed by atoms with Crippen molar-refractivity contribution in [2.45, 2.75) is 50.5 Å². The lowest BCUT2D eigenvalue weighted by Crippen LogP contribution is -2.44. The average Bonchev–Trinajstić information content (AvgIpc) is 2.99. The van der Waals surface area contributed by atoms with Crippen LogP contribution in [0.3, 0.4) is 0 Å². The summed E-state index contributed by atoms with van der Waals surface area (Å²) >= 11 is 0. The number of nitrogens with zero attached hydrogens (tertiary/aromatic N) is 5. The highest BCUT2D eigenvalue weighted by Gasteiger charge is 2.39. The van der Waals surface area contributed by atoms with Crippen LogP contribution in [0.5, 0.6) is 0 Å². The Labute approximate surface area is 122 Å². The first-order valence-corrected chi connectivity index (χ1v) is 7.55. The summed E-state index contributed by atoms with van der Waals surface area (Å²) in [4.78, 5) is 11.1. The Morgan fingerprint density at radius 1 is 1.38 bits per heavy atom. The first kappa shape index (κ1) is 12.9. The number of piperidine rings is 1. The van der Waals surface area contributed by atoms with Crippen LogP contribution in [0.25, 0.3) is 0 Å². The molecule has 1 saturated heterocycles. The van der Waals surface area contributed by atoms with E-state index in [2.05, 4.69) is 32.1 Å². The molecule has 1 saturated carbocycles. The molecule has 1 aliphatic heterocycles. The van der Waals surface area contributed by atoms with Gasteiger partial charge in [0.15, 0.2) is 11.6 Å². The molecule has 2 aliphatic rings. The van der Waals surface area contributed by atoms with Crippen LogP contribution in [-0.2, 0) is 12.0 Å². The summed E-state index contributed by atoms with van der Waals surface area (Å²) < 4.78 is 10.4. The van der Waals surface area contributed by atoms with Gasteiger partial charge in [-0.2, -0.15) is 9.97 Å². The Bertz CT molecular complexity index is 607. The van der Waals surface area contributed by atoms with Gasteiger partial charge >= 0.3 is 0 Å². The van der Waals surface area contributed by atoms with Gasteiger partial charge in [0.2, 0.25) is 12.3 Å². The fourth-order valence-corrected chi connectivity index (χ4v) is 3.10. The highest BCUT2D eigenvalue weighted by atomic mass is 16.5. The number of likely N-dealkylation sites (tertiary alicyclic amines) is 1. The second kappa shape index (κ2) is 4.91. The third-order valence-corrected chi connectivity index (χ3v) is 4.45. The maximum Gasteiger partial charge on any atom is 0.233 e. The molecule has 3 heterocycles. The molecule has 1 atom stereocenters. The first-order valence-electron chi connectivity index (χ1n) is 7.55. The normalized spacial score (nSPS) is 27.1. The Hall–Kier alpha value is -1.76. The smallest absolute Gasteiger partial charge is 0.233 e. The minimum atomic E-state index is -0.0812. The van der Waals surface area contributed by atoms with Crippen molar-refractivity contribution in [1.29, 1.82) is 0 Å². The van der Waals surface area contributed by atoms with E-state index < -0.39 is 0 Å². The van der Waals surface area contributed by atoms with Crippen LogP contribution in [0.15, 0.2) is 15.4 Å². The molecule has 0 radical (unpaired) electrons. The molecule has 1 aliphatic carbocycles. The molecular weight excluding hydrogens is 270 g/mol. The molecule has 0 amide bonds. The van der Waals surface area contributed by atoms with E-state index >= 15 is 0 Å². The third-order valence-electron chi connectivity index (χ3n) is 4.45. The van der Waals surface area contributed by atoms with Gasteiger partial charge in [-0.3, -0.25) is 4.90 Å². The highest BCUT2D eigenvalue weighted by molar-refractivity contribution is 5.10. The van der Waals surface area contributed by atoms with Crippen LogP contribution >= 0.6 is 0 Å². The molecule has 0 N–H and O–H groups in total.